The number of ether oxygens (including phenoxy) is 2. The van der Waals surface area contributed by atoms with Crippen LogP contribution in [0, 0.1) is 13.8 Å². The molecule has 0 N–H and O–H groups in total. The Balaban J connectivity index is 0.000000602. The van der Waals surface area contributed by atoms with Crippen LogP contribution in [-0.2, 0) is 0 Å². The zero-order valence-corrected chi connectivity index (χ0v) is 21.7. The molecule has 0 unspecified atom stereocenters. The molecule has 6 nitrogen and oxygen atoms in total. The normalized spacial score (nSPS) is 9.82. The topological polar surface area (TPSA) is 98.7 Å². The quantitative estimate of drug-likeness (QED) is 0.351. The molecular weight excluding hydrogens is 433 g/mol. The van der Waals surface area contributed by atoms with Gasteiger partial charge in [-0.05, 0) is 38.8 Å². The minimum Gasteiger partial charge on any atom is -0.545 e. The van der Waals surface area contributed by atoms with Crippen LogP contribution in [0.3, 0.4) is 0 Å². The van der Waals surface area contributed by atoms with Crippen LogP contribution in [-0.4, -0.2) is 48.2 Å². The number of benzene rings is 2. The van der Waals surface area contributed by atoms with Crippen LogP contribution in [0.1, 0.15) is 84.2 Å². The first-order chi connectivity index (χ1) is 15.3. The first-order valence-corrected chi connectivity index (χ1v) is 11.2. The van der Waals surface area contributed by atoms with Gasteiger partial charge >= 0.3 is 23.1 Å². The van der Waals surface area contributed by atoms with E-state index in [1.807, 2.05) is 0 Å². The summed E-state index contributed by atoms with van der Waals surface area (Å²) in [5.74, 6) is -1.04. The molecule has 2 rings (SSSR count). The first-order valence-electron chi connectivity index (χ1n) is 11.2. The molecule has 0 atom stereocenters. The summed E-state index contributed by atoms with van der Waals surface area (Å²) >= 11 is 0. The third-order valence-corrected chi connectivity index (χ3v) is 5.02. The predicted octanol–water partition coefficient (Wildman–Crippen LogP) is 3.47. The summed E-state index contributed by atoms with van der Waals surface area (Å²) in [6, 6.07) is 9.98. The van der Waals surface area contributed by atoms with Gasteiger partial charge in [-0.1, -0.05) is 63.8 Å². The number of carboxylic acid groups (broad SMARTS) is 2. The van der Waals surface area contributed by atoms with E-state index in [-0.39, 0.29) is 34.2 Å². The SMILES string of the molecule is CCCCCOc1cccc(C(=O)[O-])c1C.CCCCCOc1cccc(C(=O)[O-])c1C.[Mg+2]. The van der Waals surface area contributed by atoms with Crippen molar-refractivity contribution in [3.8, 4) is 11.5 Å². The summed E-state index contributed by atoms with van der Waals surface area (Å²) in [6.07, 6.45) is 6.51. The summed E-state index contributed by atoms with van der Waals surface area (Å²) in [7, 11) is 0. The zero-order chi connectivity index (χ0) is 23.9. The zero-order valence-electron chi connectivity index (χ0n) is 20.3. The maximum absolute atomic E-state index is 10.8. The molecule has 0 saturated heterocycles. The average molecular weight is 467 g/mol. The van der Waals surface area contributed by atoms with Crippen LogP contribution in [0.25, 0.3) is 0 Å². The molecule has 0 aliphatic carbocycles. The maximum atomic E-state index is 10.8. The molecule has 0 saturated carbocycles. The molecule has 0 amide bonds. The molecule has 0 aliphatic heterocycles. The van der Waals surface area contributed by atoms with Gasteiger partial charge in [0.15, 0.2) is 0 Å². The Labute approximate surface area is 213 Å². The molecule has 2 aromatic rings. The number of unbranched alkanes of at least 4 members (excludes halogenated alkanes) is 4. The first kappa shape index (κ1) is 30.7. The largest absolute Gasteiger partial charge is 2.00 e. The average Bonchev–Trinajstić information content (AvgIpc) is 2.76. The van der Waals surface area contributed by atoms with E-state index in [1.165, 1.54) is 12.1 Å². The van der Waals surface area contributed by atoms with Crippen molar-refractivity contribution in [3.05, 3.63) is 58.7 Å². The fraction of sp³-hybridized carbons (Fsp3) is 0.462. The van der Waals surface area contributed by atoms with E-state index in [1.54, 1.807) is 38.1 Å². The van der Waals surface area contributed by atoms with Gasteiger partial charge in [-0.25, -0.2) is 0 Å². The standard InChI is InChI=1S/2C13H18O3.Mg/c2*1-3-4-5-9-16-12-8-6-7-11(10(12)2)13(14)15;/h2*6-8H,3-5,9H2,1-2H3,(H,14,15);/q;;+2/p-2. The summed E-state index contributed by atoms with van der Waals surface area (Å²) in [5, 5.41) is 21.6. The van der Waals surface area contributed by atoms with Gasteiger partial charge in [0.1, 0.15) is 11.5 Å². The van der Waals surface area contributed by atoms with E-state index in [0.717, 1.165) is 38.5 Å². The van der Waals surface area contributed by atoms with E-state index in [0.29, 0.717) is 35.8 Å². The molecule has 0 radical (unpaired) electrons. The number of rotatable bonds is 12. The van der Waals surface area contributed by atoms with Gasteiger partial charge in [-0.3, -0.25) is 0 Å². The van der Waals surface area contributed by atoms with Crippen molar-refractivity contribution in [1.82, 2.24) is 0 Å². The second-order valence-corrected chi connectivity index (χ2v) is 7.54. The molecule has 7 heteroatoms. The molecule has 0 aliphatic rings. The van der Waals surface area contributed by atoms with Gasteiger partial charge in [0.25, 0.3) is 0 Å². The molecule has 2 aromatic carbocycles. The van der Waals surface area contributed by atoms with Crippen molar-refractivity contribution >= 4 is 35.0 Å². The van der Waals surface area contributed by atoms with Gasteiger partial charge in [-0.15, -0.1) is 0 Å². The summed E-state index contributed by atoms with van der Waals surface area (Å²) in [5.41, 5.74) is 1.68. The van der Waals surface area contributed by atoms with Gasteiger partial charge in [0, 0.05) is 22.3 Å². The molecule has 0 spiro atoms. The molecule has 0 fully saturated rings. The summed E-state index contributed by atoms with van der Waals surface area (Å²) < 4.78 is 11.1. The number of carbonyl (C=O) groups is 2. The molecule has 0 heterocycles. The van der Waals surface area contributed by atoms with Gasteiger partial charge < -0.3 is 29.3 Å². The molecule has 0 bridgehead atoms. The number of carboxylic acids is 2. The number of carbonyl (C=O) groups excluding carboxylic acids is 2. The van der Waals surface area contributed by atoms with E-state index in [4.69, 9.17) is 9.47 Å². The Morgan fingerprint density at radius 1 is 0.697 bits per heavy atom. The Morgan fingerprint density at radius 2 is 1.06 bits per heavy atom. The monoisotopic (exact) mass is 466 g/mol. The molecule has 0 aromatic heterocycles. The van der Waals surface area contributed by atoms with Crippen LogP contribution in [0.5, 0.6) is 11.5 Å². The smallest absolute Gasteiger partial charge is 0.545 e. The summed E-state index contributed by atoms with van der Waals surface area (Å²) in [6.45, 7) is 8.99. The van der Waals surface area contributed by atoms with Crippen LogP contribution in [0.4, 0.5) is 0 Å². The van der Waals surface area contributed by atoms with E-state index in [2.05, 4.69) is 13.8 Å². The Bertz CT molecular complexity index is 794. The number of hydrogen-bond acceptors (Lipinski definition) is 6. The third-order valence-electron chi connectivity index (χ3n) is 5.02. The predicted molar refractivity (Wildman–Crippen MR) is 127 cm³/mol. The van der Waals surface area contributed by atoms with Crippen molar-refractivity contribution < 1.29 is 29.3 Å². The van der Waals surface area contributed by atoms with Crippen molar-refractivity contribution in [2.24, 2.45) is 0 Å². The van der Waals surface area contributed by atoms with Crippen LogP contribution < -0.4 is 19.7 Å². The maximum Gasteiger partial charge on any atom is 2.00 e. The van der Waals surface area contributed by atoms with Crippen LogP contribution in [0.15, 0.2) is 36.4 Å². The molecular formula is C26H34MgO6. The summed E-state index contributed by atoms with van der Waals surface area (Å²) in [4.78, 5) is 21.6. The van der Waals surface area contributed by atoms with Crippen molar-refractivity contribution in [2.45, 2.75) is 66.2 Å². The van der Waals surface area contributed by atoms with Crippen molar-refractivity contribution in [3.63, 3.8) is 0 Å². The minimum absolute atomic E-state index is 0. The van der Waals surface area contributed by atoms with Crippen molar-refractivity contribution in [1.29, 1.82) is 0 Å². The van der Waals surface area contributed by atoms with Crippen molar-refractivity contribution in [2.75, 3.05) is 13.2 Å². The van der Waals surface area contributed by atoms with Gasteiger partial charge in [0.2, 0.25) is 0 Å². The second-order valence-electron chi connectivity index (χ2n) is 7.54. The van der Waals surface area contributed by atoms with E-state index in [9.17, 15) is 19.8 Å². The minimum atomic E-state index is -1.16. The Hall–Kier alpha value is -2.25. The molecule has 33 heavy (non-hydrogen) atoms. The van der Waals surface area contributed by atoms with Gasteiger partial charge in [0.05, 0.1) is 25.2 Å². The van der Waals surface area contributed by atoms with E-state index < -0.39 is 11.9 Å². The Kier molecular flexibility index (Phi) is 16.1. The fourth-order valence-corrected chi connectivity index (χ4v) is 3.05. The fourth-order valence-electron chi connectivity index (χ4n) is 3.05. The second kappa shape index (κ2) is 17.3. The van der Waals surface area contributed by atoms with Crippen LogP contribution >= 0.6 is 0 Å². The van der Waals surface area contributed by atoms with Gasteiger partial charge in [-0.2, -0.15) is 0 Å². The van der Waals surface area contributed by atoms with E-state index >= 15 is 0 Å². The number of aromatic carboxylic acids is 2. The third kappa shape index (κ3) is 10.9. The molecule has 176 valence electrons. The van der Waals surface area contributed by atoms with Crippen LogP contribution in [0.2, 0.25) is 0 Å². The number of hydrogen-bond donors (Lipinski definition) is 0. The Morgan fingerprint density at radius 3 is 1.36 bits per heavy atom.